The van der Waals surface area contributed by atoms with Crippen LogP contribution in [0.2, 0.25) is 0 Å². The maximum atomic E-state index is 5.90. The van der Waals surface area contributed by atoms with E-state index in [1.54, 1.807) is 18.6 Å². The Morgan fingerprint density at radius 2 is 0.804 bits per heavy atom. The summed E-state index contributed by atoms with van der Waals surface area (Å²) in [4.78, 5) is 17.4. The van der Waals surface area contributed by atoms with E-state index >= 15 is 0 Å². The first-order chi connectivity index (χ1) is 27.6. The second kappa shape index (κ2) is 34.0. The van der Waals surface area contributed by atoms with Crippen LogP contribution in [-0.2, 0) is 14.2 Å². The second-order valence-corrected chi connectivity index (χ2v) is 12.8. The molecule has 5 aromatic rings. The lowest BCUT2D eigenvalue weighted by molar-refractivity contribution is 0.00285. The van der Waals surface area contributed by atoms with Crippen molar-refractivity contribution in [2.24, 2.45) is 5.92 Å². The molecular formula is C49H72N4O3. The molecule has 0 saturated heterocycles. The second-order valence-electron chi connectivity index (χ2n) is 12.8. The Morgan fingerprint density at radius 3 is 1.18 bits per heavy atom. The molecule has 4 aromatic heterocycles. The van der Waals surface area contributed by atoms with Crippen molar-refractivity contribution in [3.8, 4) is 0 Å². The van der Waals surface area contributed by atoms with Crippen molar-refractivity contribution in [1.82, 2.24) is 19.9 Å². The van der Waals surface area contributed by atoms with Gasteiger partial charge in [0.1, 0.15) is 18.3 Å². The van der Waals surface area contributed by atoms with E-state index in [2.05, 4.69) is 78.8 Å². The molecule has 56 heavy (non-hydrogen) atoms. The Balaban J connectivity index is 0.000000383. The Labute approximate surface area is 340 Å². The lowest BCUT2D eigenvalue weighted by atomic mass is 9.84. The first kappa shape index (κ1) is 49.7. The average molecular weight is 765 g/mol. The van der Waals surface area contributed by atoms with Gasteiger partial charge in [0.25, 0.3) is 0 Å². The molecule has 0 aliphatic heterocycles. The van der Waals surface area contributed by atoms with Gasteiger partial charge in [-0.2, -0.15) is 0 Å². The fraction of sp³-hybridized carbons (Fsp3) is 0.469. The van der Waals surface area contributed by atoms with E-state index in [1.807, 2.05) is 113 Å². The summed E-state index contributed by atoms with van der Waals surface area (Å²) in [5, 5.41) is 0. The van der Waals surface area contributed by atoms with Gasteiger partial charge in [-0.3, -0.25) is 19.9 Å². The van der Waals surface area contributed by atoms with Crippen LogP contribution in [0.25, 0.3) is 0 Å². The molecule has 2 atom stereocenters. The van der Waals surface area contributed by atoms with Crippen molar-refractivity contribution >= 4 is 0 Å². The van der Waals surface area contributed by atoms with Crippen molar-refractivity contribution in [3.05, 3.63) is 156 Å². The van der Waals surface area contributed by atoms with Crippen LogP contribution in [0.3, 0.4) is 0 Å². The maximum Gasteiger partial charge on any atom is 0.141 e. The van der Waals surface area contributed by atoms with Gasteiger partial charge in [-0.05, 0) is 93.6 Å². The van der Waals surface area contributed by atoms with Crippen LogP contribution in [0, 0.1) is 5.92 Å². The molecular weight excluding hydrogens is 693 g/mol. The number of nitrogens with zero attached hydrogens (tertiary/aromatic N) is 4. The van der Waals surface area contributed by atoms with Crippen LogP contribution in [-0.4, -0.2) is 39.8 Å². The summed E-state index contributed by atoms with van der Waals surface area (Å²) >= 11 is 0. The van der Waals surface area contributed by atoms with Gasteiger partial charge in [0.05, 0.1) is 22.8 Å². The molecule has 7 heteroatoms. The number of hydrogen-bond acceptors (Lipinski definition) is 7. The van der Waals surface area contributed by atoms with E-state index in [0.717, 1.165) is 34.9 Å². The van der Waals surface area contributed by atoms with Crippen LogP contribution >= 0.6 is 0 Å². The summed E-state index contributed by atoms with van der Waals surface area (Å²) in [5.41, 5.74) is 4.99. The standard InChI is InChI=1S/C14H21NO.C14H15NO.C13H14N2O.2C3H8.C2H6/c2*1-2-16-14(12-8-4-3-5-9-12)13-10-6-7-11-15-13;1-2-16-13(11-7-3-5-9-14-11)12-8-4-6-10-15-12;2*1-3-2;1-2/h6-7,10-12,14H,2-5,8-9H2,1H3;3-11,14H,2H2,1H3;3-10,13H,2H2,1H3;2*3H2,1-2H3;1-2H3. The first-order valence-corrected chi connectivity index (χ1v) is 21.1. The van der Waals surface area contributed by atoms with Gasteiger partial charge in [-0.15, -0.1) is 0 Å². The summed E-state index contributed by atoms with van der Waals surface area (Å²) < 4.78 is 17.3. The molecule has 306 valence electrons. The van der Waals surface area contributed by atoms with Crippen molar-refractivity contribution < 1.29 is 14.2 Å². The lowest BCUT2D eigenvalue weighted by Crippen LogP contribution is -2.20. The minimum atomic E-state index is -0.174. The van der Waals surface area contributed by atoms with E-state index in [-0.39, 0.29) is 18.3 Å². The largest absolute Gasteiger partial charge is 0.372 e. The topological polar surface area (TPSA) is 79.2 Å². The Morgan fingerprint density at radius 1 is 0.446 bits per heavy atom. The number of benzene rings is 1. The number of ether oxygens (including phenoxy) is 3. The Kier molecular flexibility index (Phi) is 30.2. The zero-order valence-corrected chi connectivity index (χ0v) is 36.0. The summed E-state index contributed by atoms with van der Waals surface area (Å²) in [6.07, 6.45) is 16.3. The van der Waals surface area contributed by atoms with E-state index in [1.165, 1.54) is 44.9 Å². The summed E-state index contributed by atoms with van der Waals surface area (Å²) in [6.45, 7) is 20.6. The van der Waals surface area contributed by atoms with E-state index < -0.39 is 0 Å². The Bertz CT molecular complexity index is 1360. The smallest absolute Gasteiger partial charge is 0.141 e. The lowest BCUT2D eigenvalue weighted by Gasteiger charge is -2.29. The fourth-order valence-electron chi connectivity index (χ4n) is 5.85. The first-order valence-electron chi connectivity index (χ1n) is 21.1. The van der Waals surface area contributed by atoms with Gasteiger partial charge in [0.15, 0.2) is 0 Å². The van der Waals surface area contributed by atoms with Crippen LogP contribution in [0.4, 0.5) is 0 Å². The number of aromatic nitrogens is 4. The monoisotopic (exact) mass is 765 g/mol. The van der Waals surface area contributed by atoms with Gasteiger partial charge in [-0.1, -0.05) is 128 Å². The predicted octanol–water partition coefficient (Wildman–Crippen LogP) is 13.4. The number of rotatable bonds is 12. The molecule has 1 fully saturated rings. The molecule has 4 heterocycles. The summed E-state index contributed by atoms with van der Waals surface area (Å²) in [6, 6.07) is 33.8. The predicted molar refractivity (Wildman–Crippen MR) is 235 cm³/mol. The van der Waals surface area contributed by atoms with Gasteiger partial charge >= 0.3 is 0 Å². The van der Waals surface area contributed by atoms with Gasteiger partial charge in [0, 0.05) is 44.6 Å². The zero-order chi connectivity index (χ0) is 41.1. The molecule has 6 rings (SSSR count). The Hall–Kier alpha value is -4.30. The van der Waals surface area contributed by atoms with Crippen molar-refractivity contribution in [2.45, 2.75) is 126 Å². The molecule has 1 aliphatic rings. The molecule has 1 saturated carbocycles. The van der Waals surface area contributed by atoms with Gasteiger partial charge in [0.2, 0.25) is 0 Å². The van der Waals surface area contributed by atoms with Gasteiger partial charge in [-0.25, -0.2) is 0 Å². The van der Waals surface area contributed by atoms with Crippen molar-refractivity contribution in [3.63, 3.8) is 0 Å². The third-order valence-electron chi connectivity index (χ3n) is 8.04. The molecule has 1 aliphatic carbocycles. The minimum absolute atomic E-state index is 0.0626. The minimum Gasteiger partial charge on any atom is -0.372 e. The quantitative estimate of drug-likeness (QED) is 0.125. The molecule has 0 spiro atoms. The third-order valence-corrected chi connectivity index (χ3v) is 8.04. The summed E-state index contributed by atoms with van der Waals surface area (Å²) in [5.74, 6) is 0.670. The van der Waals surface area contributed by atoms with Crippen molar-refractivity contribution in [1.29, 1.82) is 0 Å². The highest BCUT2D eigenvalue weighted by molar-refractivity contribution is 5.26. The fourth-order valence-corrected chi connectivity index (χ4v) is 5.85. The maximum absolute atomic E-state index is 5.90. The highest BCUT2D eigenvalue weighted by Gasteiger charge is 2.26. The van der Waals surface area contributed by atoms with Gasteiger partial charge < -0.3 is 14.2 Å². The van der Waals surface area contributed by atoms with Crippen LogP contribution < -0.4 is 0 Å². The molecule has 7 nitrogen and oxygen atoms in total. The normalized spacial score (nSPS) is 12.9. The highest BCUT2D eigenvalue weighted by Crippen LogP contribution is 2.36. The SMILES string of the molecule is CC.CCC.CCC.CCOC(c1ccccc1)c1ccccn1.CCOC(c1ccccn1)C1CCCCC1.CCOC(c1ccccn1)c1ccccn1. The zero-order valence-electron chi connectivity index (χ0n) is 36.0. The summed E-state index contributed by atoms with van der Waals surface area (Å²) in [7, 11) is 0. The van der Waals surface area contributed by atoms with E-state index in [4.69, 9.17) is 14.2 Å². The van der Waals surface area contributed by atoms with Crippen LogP contribution in [0.5, 0.6) is 0 Å². The van der Waals surface area contributed by atoms with Crippen LogP contribution in [0.1, 0.15) is 154 Å². The number of pyridine rings is 4. The van der Waals surface area contributed by atoms with Crippen LogP contribution in [0.15, 0.2) is 128 Å². The molecule has 0 bridgehead atoms. The van der Waals surface area contributed by atoms with Crippen molar-refractivity contribution in [2.75, 3.05) is 19.8 Å². The highest BCUT2D eigenvalue weighted by atomic mass is 16.5. The van der Waals surface area contributed by atoms with E-state index in [9.17, 15) is 0 Å². The molecule has 0 radical (unpaired) electrons. The number of hydrogen-bond donors (Lipinski definition) is 0. The molecule has 1 aromatic carbocycles. The van der Waals surface area contributed by atoms with E-state index in [0.29, 0.717) is 19.1 Å². The molecule has 0 N–H and O–H groups in total. The third kappa shape index (κ3) is 20.0. The molecule has 2 unspecified atom stereocenters. The average Bonchev–Trinajstić information content (AvgIpc) is 3.27. The molecule has 0 amide bonds.